The zero-order valence-electron chi connectivity index (χ0n) is 12.8. The van der Waals surface area contributed by atoms with Crippen LogP contribution in [0.3, 0.4) is 0 Å². The first-order chi connectivity index (χ1) is 9.74. The summed E-state index contributed by atoms with van der Waals surface area (Å²) in [5.74, 6) is 0.926. The van der Waals surface area contributed by atoms with Crippen LogP contribution in [0.15, 0.2) is 18.3 Å². The van der Waals surface area contributed by atoms with Crippen LogP contribution in [0.25, 0.3) is 0 Å². The van der Waals surface area contributed by atoms with Gasteiger partial charge in [0.05, 0.1) is 13.2 Å². The first-order valence-corrected chi connectivity index (χ1v) is 7.27. The van der Waals surface area contributed by atoms with E-state index >= 15 is 0 Å². The molecule has 1 aromatic heterocycles. The molecule has 1 atom stereocenters. The lowest BCUT2D eigenvalue weighted by Crippen LogP contribution is -2.33. The minimum absolute atomic E-state index is 0.108. The highest BCUT2D eigenvalue weighted by Gasteiger charge is 2.16. The van der Waals surface area contributed by atoms with Gasteiger partial charge in [0.25, 0.3) is 0 Å². The molecule has 20 heavy (non-hydrogen) atoms. The number of ether oxygens (including phenoxy) is 1. The van der Waals surface area contributed by atoms with Crippen molar-refractivity contribution in [3.63, 3.8) is 0 Å². The van der Waals surface area contributed by atoms with Crippen molar-refractivity contribution in [2.45, 2.75) is 26.3 Å². The molecule has 1 heterocycles. The van der Waals surface area contributed by atoms with E-state index in [0.29, 0.717) is 13.2 Å². The Morgan fingerprint density at radius 2 is 2.25 bits per heavy atom. The molecule has 0 spiro atoms. The van der Waals surface area contributed by atoms with E-state index in [1.54, 1.807) is 13.3 Å². The van der Waals surface area contributed by atoms with Crippen LogP contribution in [0.2, 0.25) is 0 Å². The molecule has 114 valence electrons. The number of nitrogens with zero attached hydrogens (tertiary/aromatic N) is 2. The maximum atomic E-state index is 9.24. The summed E-state index contributed by atoms with van der Waals surface area (Å²) in [7, 11) is 1.68. The number of anilines is 1. The molecule has 0 bridgehead atoms. The molecule has 0 aliphatic rings. The van der Waals surface area contributed by atoms with Crippen LogP contribution in [-0.4, -0.2) is 50.0 Å². The van der Waals surface area contributed by atoms with E-state index in [0.717, 1.165) is 30.9 Å². The van der Waals surface area contributed by atoms with Gasteiger partial charge >= 0.3 is 0 Å². The number of aliphatic hydroxyl groups excluding tert-OH is 1. The number of hydrogen-bond acceptors (Lipinski definition) is 5. The Morgan fingerprint density at radius 1 is 1.45 bits per heavy atom. The van der Waals surface area contributed by atoms with Crippen LogP contribution in [0, 0.1) is 0 Å². The number of aliphatic hydroxyl groups is 1. The van der Waals surface area contributed by atoms with Crippen molar-refractivity contribution in [2.75, 3.05) is 44.9 Å². The topological polar surface area (TPSA) is 57.6 Å². The zero-order chi connectivity index (χ0) is 14.8. The molecule has 0 aromatic carbocycles. The zero-order valence-corrected chi connectivity index (χ0v) is 12.8. The van der Waals surface area contributed by atoms with E-state index in [2.05, 4.69) is 35.1 Å². The fourth-order valence-corrected chi connectivity index (χ4v) is 2.13. The molecule has 0 aliphatic carbocycles. The molecule has 1 rings (SSSR count). The Morgan fingerprint density at radius 3 is 2.90 bits per heavy atom. The summed E-state index contributed by atoms with van der Waals surface area (Å²) in [6, 6.07) is 4.28. The number of methoxy groups -OCH3 is 1. The second-order valence-electron chi connectivity index (χ2n) is 4.80. The highest BCUT2D eigenvalue weighted by molar-refractivity contribution is 5.48. The van der Waals surface area contributed by atoms with Crippen molar-refractivity contribution in [3.8, 4) is 0 Å². The lowest BCUT2D eigenvalue weighted by molar-refractivity contribution is 0.202. The molecule has 1 aromatic rings. The molecule has 0 amide bonds. The van der Waals surface area contributed by atoms with E-state index in [1.165, 1.54) is 0 Å². The summed E-state index contributed by atoms with van der Waals surface area (Å²) in [5.41, 5.74) is 1.16. The summed E-state index contributed by atoms with van der Waals surface area (Å²) in [4.78, 5) is 6.57. The van der Waals surface area contributed by atoms with Gasteiger partial charge in [0, 0.05) is 38.0 Å². The van der Waals surface area contributed by atoms with Gasteiger partial charge in [-0.1, -0.05) is 13.0 Å². The van der Waals surface area contributed by atoms with E-state index in [9.17, 15) is 5.11 Å². The van der Waals surface area contributed by atoms with Gasteiger partial charge < -0.3 is 20.1 Å². The van der Waals surface area contributed by atoms with E-state index in [-0.39, 0.29) is 12.6 Å². The van der Waals surface area contributed by atoms with Crippen molar-refractivity contribution < 1.29 is 9.84 Å². The Bertz CT molecular complexity index is 374. The summed E-state index contributed by atoms with van der Waals surface area (Å²) in [5, 5.41) is 12.7. The predicted octanol–water partition coefficient (Wildman–Crippen LogP) is 1.59. The fraction of sp³-hybridized carbons (Fsp3) is 0.667. The van der Waals surface area contributed by atoms with E-state index < -0.39 is 0 Å². The van der Waals surface area contributed by atoms with Gasteiger partial charge in [-0.3, -0.25) is 0 Å². The number of pyridine rings is 1. The summed E-state index contributed by atoms with van der Waals surface area (Å²) in [6.45, 7) is 7.29. The first-order valence-electron chi connectivity index (χ1n) is 7.27. The third-order valence-electron chi connectivity index (χ3n) is 3.22. The quantitative estimate of drug-likeness (QED) is 0.682. The maximum absolute atomic E-state index is 9.24. The van der Waals surface area contributed by atoms with Crippen LogP contribution in [0.1, 0.15) is 31.9 Å². The van der Waals surface area contributed by atoms with Crippen LogP contribution in [0.5, 0.6) is 0 Å². The Hall–Kier alpha value is -1.17. The van der Waals surface area contributed by atoms with E-state index in [1.807, 2.05) is 6.07 Å². The predicted molar refractivity (Wildman–Crippen MR) is 82.1 cm³/mol. The molecule has 5 heteroatoms. The molecule has 1 unspecified atom stereocenters. The standard InChI is InChI=1S/C15H27N3O2/c1-4-7-16-13(2)14-6-5-8-17-15(14)18(9-11-19)10-12-20-3/h5-6,8,13,16,19H,4,7,9-12H2,1-3H3. The van der Waals surface area contributed by atoms with Gasteiger partial charge in [0.1, 0.15) is 5.82 Å². The van der Waals surface area contributed by atoms with Gasteiger partial charge in [-0.25, -0.2) is 4.98 Å². The van der Waals surface area contributed by atoms with Crippen LogP contribution >= 0.6 is 0 Å². The van der Waals surface area contributed by atoms with Crippen molar-refractivity contribution in [2.24, 2.45) is 0 Å². The van der Waals surface area contributed by atoms with Crippen molar-refractivity contribution >= 4 is 5.82 Å². The number of aromatic nitrogens is 1. The molecule has 0 aliphatic heterocycles. The van der Waals surface area contributed by atoms with Gasteiger partial charge in [-0.2, -0.15) is 0 Å². The van der Waals surface area contributed by atoms with Gasteiger partial charge in [-0.15, -0.1) is 0 Å². The minimum Gasteiger partial charge on any atom is -0.395 e. The normalized spacial score (nSPS) is 12.4. The van der Waals surface area contributed by atoms with Crippen LogP contribution < -0.4 is 10.2 Å². The molecule has 5 nitrogen and oxygen atoms in total. The molecule has 0 saturated carbocycles. The van der Waals surface area contributed by atoms with Crippen molar-refractivity contribution in [1.82, 2.24) is 10.3 Å². The SMILES string of the molecule is CCCNC(C)c1cccnc1N(CCO)CCOC. The maximum Gasteiger partial charge on any atom is 0.133 e. The lowest BCUT2D eigenvalue weighted by atomic mass is 10.1. The third-order valence-corrected chi connectivity index (χ3v) is 3.22. The number of nitrogens with one attached hydrogen (secondary N) is 1. The Balaban J connectivity index is 2.89. The monoisotopic (exact) mass is 281 g/mol. The Kier molecular flexibility index (Phi) is 8.18. The van der Waals surface area contributed by atoms with Crippen LogP contribution in [-0.2, 0) is 4.74 Å². The van der Waals surface area contributed by atoms with Gasteiger partial charge in [-0.05, 0) is 26.0 Å². The largest absolute Gasteiger partial charge is 0.395 e. The average molecular weight is 281 g/mol. The minimum atomic E-state index is 0.108. The third kappa shape index (κ3) is 5.07. The lowest BCUT2D eigenvalue weighted by Gasteiger charge is -2.27. The highest BCUT2D eigenvalue weighted by Crippen LogP contribution is 2.23. The summed E-state index contributed by atoms with van der Waals surface area (Å²) in [6.07, 6.45) is 2.90. The van der Waals surface area contributed by atoms with Crippen molar-refractivity contribution in [3.05, 3.63) is 23.9 Å². The van der Waals surface area contributed by atoms with Crippen LogP contribution in [0.4, 0.5) is 5.82 Å². The highest BCUT2D eigenvalue weighted by atomic mass is 16.5. The first kappa shape index (κ1) is 16.9. The number of rotatable bonds is 10. The number of hydrogen-bond donors (Lipinski definition) is 2. The summed E-state index contributed by atoms with van der Waals surface area (Å²) >= 11 is 0. The summed E-state index contributed by atoms with van der Waals surface area (Å²) < 4.78 is 5.14. The molecular weight excluding hydrogens is 254 g/mol. The van der Waals surface area contributed by atoms with Gasteiger partial charge in [0.2, 0.25) is 0 Å². The van der Waals surface area contributed by atoms with E-state index in [4.69, 9.17) is 4.74 Å². The molecule has 2 N–H and O–H groups in total. The van der Waals surface area contributed by atoms with Gasteiger partial charge in [0.15, 0.2) is 0 Å². The molecular formula is C15H27N3O2. The fourth-order valence-electron chi connectivity index (χ4n) is 2.13. The second kappa shape index (κ2) is 9.69. The smallest absolute Gasteiger partial charge is 0.133 e. The molecule has 0 radical (unpaired) electrons. The average Bonchev–Trinajstić information content (AvgIpc) is 2.49. The second-order valence-corrected chi connectivity index (χ2v) is 4.80. The van der Waals surface area contributed by atoms with Crippen molar-refractivity contribution in [1.29, 1.82) is 0 Å². The Labute approximate surface area is 122 Å². The molecule has 0 fully saturated rings. The molecule has 0 saturated heterocycles.